The molecule has 0 aromatic heterocycles. The minimum absolute atomic E-state index is 0.0237. The lowest BCUT2D eigenvalue weighted by Crippen LogP contribution is -2.34. The molecule has 0 saturated heterocycles. The van der Waals surface area contributed by atoms with Crippen molar-refractivity contribution in [2.24, 2.45) is 11.8 Å². The zero-order chi connectivity index (χ0) is 20.2. The Bertz CT molecular complexity index is 728. The molecule has 0 N–H and O–H groups in total. The molecule has 0 heterocycles. The number of hydrogen-bond donors (Lipinski definition) is 0. The first kappa shape index (κ1) is 21.1. The van der Waals surface area contributed by atoms with Crippen LogP contribution in [-0.2, 0) is 37.1 Å². The van der Waals surface area contributed by atoms with Gasteiger partial charge in [0.15, 0.2) is 5.92 Å². The molecule has 146 valence electrons. The second-order valence-corrected chi connectivity index (χ2v) is 6.26. The van der Waals surface area contributed by atoms with Crippen molar-refractivity contribution in [2.75, 3.05) is 0 Å². The van der Waals surface area contributed by atoms with Gasteiger partial charge >= 0.3 is 11.9 Å². The third kappa shape index (κ3) is 6.50. The number of esters is 2. The first-order chi connectivity index (χ1) is 13.7. The smallest absolute Gasteiger partial charge is 0.321 e. The van der Waals surface area contributed by atoms with Crippen LogP contribution < -0.4 is 0 Å². The summed E-state index contributed by atoms with van der Waals surface area (Å²) in [6.45, 7) is 1.86. The second-order valence-electron chi connectivity index (χ2n) is 6.26. The van der Waals surface area contributed by atoms with E-state index in [1.165, 1.54) is 0 Å². The van der Waals surface area contributed by atoms with Gasteiger partial charge < -0.3 is 14.3 Å². The molecule has 5 nitrogen and oxygen atoms in total. The first-order valence-electron chi connectivity index (χ1n) is 9.13. The Balaban J connectivity index is 2.11. The highest BCUT2D eigenvalue weighted by Gasteiger charge is 2.36. The molecule has 0 aliphatic heterocycles. The summed E-state index contributed by atoms with van der Waals surface area (Å²) in [6.07, 6.45) is 4.07. The predicted octanol–water partition coefficient (Wildman–Crippen LogP) is 3.87. The molecule has 0 radical (unpaired) electrons. The van der Waals surface area contributed by atoms with E-state index in [4.69, 9.17) is 9.47 Å². The second kappa shape index (κ2) is 11.5. The predicted molar refractivity (Wildman–Crippen MR) is 105 cm³/mol. The van der Waals surface area contributed by atoms with Crippen LogP contribution in [-0.4, -0.2) is 18.2 Å². The summed E-state index contributed by atoms with van der Waals surface area (Å²) in [5.41, 5.74) is 1.62. The Labute approximate surface area is 165 Å². The third-order valence-electron chi connectivity index (χ3n) is 4.19. The van der Waals surface area contributed by atoms with Crippen molar-refractivity contribution < 1.29 is 23.9 Å². The number of carbonyl (C=O) groups is 3. The van der Waals surface area contributed by atoms with Crippen LogP contribution in [0.2, 0.25) is 0 Å². The first-order valence-corrected chi connectivity index (χ1v) is 9.13. The van der Waals surface area contributed by atoms with Crippen molar-refractivity contribution in [3.05, 3.63) is 83.9 Å². The summed E-state index contributed by atoms with van der Waals surface area (Å²) >= 11 is 0. The average molecular weight is 380 g/mol. The number of carbonyl (C=O) groups excluding carboxylic acids is 3. The van der Waals surface area contributed by atoms with Crippen LogP contribution >= 0.6 is 0 Å². The number of ether oxygens (including phenoxy) is 2. The van der Waals surface area contributed by atoms with Crippen LogP contribution in [0.1, 0.15) is 24.5 Å². The molecule has 0 amide bonds. The monoisotopic (exact) mass is 380 g/mol. The SMILES string of the molecule is C/C=C/[C@@H](CC=O)C(C(=O)OCc1ccccc1)C(=O)OCc1ccccc1. The largest absolute Gasteiger partial charge is 0.460 e. The molecule has 0 bridgehead atoms. The van der Waals surface area contributed by atoms with E-state index in [9.17, 15) is 14.4 Å². The quantitative estimate of drug-likeness (QED) is 0.271. The van der Waals surface area contributed by atoms with Crippen LogP contribution in [0.25, 0.3) is 0 Å². The molecule has 2 rings (SSSR count). The van der Waals surface area contributed by atoms with Gasteiger partial charge in [-0.1, -0.05) is 72.8 Å². The van der Waals surface area contributed by atoms with Gasteiger partial charge in [0.05, 0.1) is 0 Å². The van der Waals surface area contributed by atoms with Gasteiger partial charge in [0.2, 0.25) is 0 Å². The van der Waals surface area contributed by atoms with E-state index < -0.39 is 23.8 Å². The molecule has 0 aliphatic rings. The zero-order valence-electron chi connectivity index (χ0n) is 15.8. The van der Waals surface area contributed by atoms with Gasteiger partial charge in [-0.2, -0.15) is 0 Å². The molecule has 0 spiro atoms. The molecule has 28 heavy (non-hydrogen) atoms. The fourth-order valence-corrected chi connectivity index (χ4v) is 2.77. The number of aldehydes is 1. The van der Waals surface area contributed by atoms with Crippen LogP contribution in [0.15, 0.2) is 72.8 Å². The van der Waals surface area contributed by atoms with Gasteiger partial charge in [0, 0.05) is 12.3 Å². The van der Waals surface area contributed by atoms with E-state index in [0.29, 0.717) is 6.29 Å². The molecule has 2 aromatic carbocycles. The lowest BCUT2D eigenvalue weighted by atomic mass is 9.89. The van der Waals surface area contributed by atoms with E-state index in [2.05, 4.69) is 0 Å². The Morgan fingerprint density at radius 1 is 0.857 bits per heavy atom. The Morgan fingerprint density at radius 3 is 1.71 bits per heavy atom. The minimum Gasteiger partial charge on any atom is -0.460 e. The van der Waals surface area contributed by atoms with Gasteiger partial charge in [0.25, 0.3) is 0 Å². The van der Waals surface area contributed by atoms with E-state index in [1.807, 2.05) is 60.7 Å². The Hall–Kier alpha value is -3.21. The fourth-order valence-electron chi connectivity index (χ4n) is 2.77. The van der Waals surface area contributed by atoms with Crippen LogP contribution in [0.5, 0.6) is 0 Å². The number of rotatable bonds is 10. The van der Waals surface area contributed by atoms with Gasteiger partial charge in [-0.15, -0.1) is 0 Å². The number of hydrogen-bond acceptors (Lipinski definition) is 5. The van der Waals surface area contributed by atoms with E-state index >= 15 is 0 Å². The third-order valence-corrected chi connectivity index (χ3v) is 4.19. The highest BCUT2D eigenvalue weighted by molar-refractivity contribution is 5.95. The summed E-state index contributed by atoms with van der Waals surface area (Å²) in [5.74, 6) is -3.22. The number of allylic oxidation sites excluding steroid dienone is 2. The maximum Gasteiger partial charge on any atom is 0.321 e. The molecule has 5 heteroatoms. The van der Waals surface area contributed by atoms with Crippen molar-refractivity contribution in [3.63, 3.8) is 0 Å². The topological polar surface area (TPSA) is 69.7 Å². The van der Waals surface area contributed by atoms with Crippen molar-refractivity contribution in [3.8, 4) is 0 Å². The fraction of sp³-hybridized carbons (Fsp3) is 0.261. The standard InChI is InChI=1S/C23H24O5/c1-2-9-20(14-15-24)21(22(25)27-16-18-10-5-3-6-11-18)23(26)28-17-19-12-7-4-8-13-19/h2-13,15,20-21H,14,16-17H2,1H3/b9-2+/t20-/m0/s1. The Morgan fingerprint density at radius 2 is 1.32 bits per heavy atom. The highest BCUT2D eigenvalue weighted by atomic mass is 16.6. The van der Waals surface area contributed by atoms with Crippen molar-refractivity contribution in [1.29, 1.82) is 0 Å². The normalized spacial score (nSPS) is 11.9. The molecular weight excluding hydrogens is 356 g/mol. The van der Waals surface area contributed by atoms with Gasteiger partial charge in [-0.25, -0.2) is 0 Å². The molecule has 2 aromatic rings. The average Bonchev–Trinajstić information content (AvgIpc) is 2.73. The summed E-state index contributed by atoms with van der Waals surface area (Å²) in [4.78, 5) is 36.4. The minimum atomic E-state index is -1.20. The number of benzene rings is 2. The lowest BCUT2D eigenvalue weighted by Gasteiger charge is -2.20. The van der Waals surface area contributed by atoms with Crippen molar-refractivity contribution in [2.45, 2.75) is 26.6 Å². The molecule has 0 fully saturated rings. The molecule has 0 aliphatic carbocycles. The van der Waals surface area contributed by atoms with Crippen molar-refractivity contribution in [1.82, 2.24) is 0 Å². The van der Waals surface area contributed by atoms with Crippen LogP contribution in [0.3, 0.4) is 0 Å². The van der Waals surface area contributed by atoms with E-state index in [1.54, 1.807) is 19.1 Å². The molecular formula is C23H24O5. The Kier molecular flexibility index (Phi) is 8.66. The molecule has 0 saturated carbocycles. The van der Waals surface area contributed by atoms with E-state index in [0.717, 1.165) is 11.1 Å². The van der Waals surface area contributed by atoms with Gasteiger partial charge in [-0.05, 0) is 18.1 Å². The molecule has 1 atom stereocenters. The summed E-state index contributed by atoms with van der Waals surface area (Å²) < 4.78 is 10.7. The maximum absolute atomic E-state index is 12.7. The van der Waals surface area contributed by atoms with E-state index in [-0.39, 0.29) is 19.6 Å². The molecule has 0 unspecified atom stereocenters. The van der Waals surface area contributed by atoms with Gasteiger partial charge in [0.1, 0.15) is 19.5 Å². The zero-order valence-corrected chi connectivity index (χ0v) is 15.8. The summed E-state index contributed by atoms with van der Waals surface area (Å²) in [6, 6.07) is 18.4. The van der Waals surface area contributed by atoms with Gasteiger partial charge in [-0.3, -0.25) is 9.59 Å². The summed E-state index contributed by atoms with van der Waals surface area (Å²) in [5, 5.41) is 0. The van der Waals surface area contributed by atoms with Crippen molar-refractivity contribution >= 4 is 18.2 Å². The van der Waals surface area contributed by atoms with Crippen LogP contribution in [0, 0.1) is 11.8 Å². The maximum atomic E-state index is 12.7. The highest BCUT2D eigenvalue weighted by Crippen LogP contribution is 2.22. The lowest BCUT2D eigenvalue weighted by molar-refractivity contribution is -0.165. The summed E-state index contributed by atoms with van der Waals surface area (Å²) in [7, 11) is 0. The van der Waals surface area contributed by atoms with Crippen LogP contribution in [0.4, 0.5) is 0 Å².